The Hall–Kier alpha value is -0.730. The molecule has 2 N–H and O–H groups in total. The molecule has 0 aliphatic heterocycles. The summed E-state index contributed by atoms with van der Waals surface area (Å²) in [4.78, 5) is 0. The predicted molar refractivity (Wildman–Crippen MR) is 86.0 cm³/mol. The third-order valence-electron chi connectivity index (χ3n) is 5.12. The van der Waals surface area contributed by atoms with Crippen molar-refractivity contribution in [2.45, 2.75) is 58.3 Å². The molecular formula is C17H26ClNO. The largest absolute Gasteiger partial charge is 0.495 e. The Kier molecular flexibility index (Phi) is 4.66. The minimum atomic E-state index is 0.104. The first-order valence-corrected chi connectivity index (χ1v) is 7.90. The fourth-order valence-corrected chi connectivity index (χ4v) is 4.22. The van der Waals surface area contributed by atoms with Gasteiger partial charge >= 0.3 is 0 Å². The highest BCUT2D eigenvalue weighted by molar-refractivity contribution is 6.33. The molecule has 1 aromatic carbocycles. The van der Waals surface area contributed by atoms with E-state index in [0.717, 1.165) is 21.9 Å². The minimum Gasteiger partial charge on any atom is -0.495 e. The first-order valence-electron chi connectivity index (χ1n) is 7.52. The number of nitrogens with two attached hydrogens (primary N) is 1. The van der Waals surface area contributed by atoms with Gasteiger partial charge in [0.15, 0.2) is 0 Å². The van der Waals surface area contributed by atoms with Gasteiger partial charge in [0.05, 0.1) is 12.1 Å². The lowest BCUT2D eigenvalue weighted by molar-refractivity contribution is 0.297. The average molecular weight is 296 g/mol. The smallest absolute Gasteiger partial charge is 0.140 e. The van der Waals surface area contributed by atoms with Crippen molar-refractivity contribution in [2.75, 3.05) is 13.7 Å². The molecule has 0 heterocycles. The van der Waals surface area contributed by atoms with Crippen LogP contribution in [-0.2, 0) is 5.41 Å². The van der Waals surface area contributed by atoms with E-state index in [2.05, 4.69) is 20.8 Å². The first-order chi connectivity index (χ1) is 9.48. The summed E-state index contributed by atoms with van der Waals surface area (Å²) in [6.45, 7) is 7.09. The van der Waals surface area contributed by atoms with Crippen LogP contribution < -0.4 is 10.5 Å². The lowest BCUT2D eigenvalue weighted by atomic mass is 9.66. The molecule has 0 atom stereocenters. The molecule has 2 nitrogen and oxygen atoms in total. The molecule has 0 aromatic heterocycles. The molecule has 0 radical (unpaired) electrons. The number of ether oxygens (including phenoxy) is 1. The zero-order chi connectivity index (χ0) is 14.9. The van der Waals surface area contributed by atoms with Crippen LogP contribution >= 0.6 is 11.6 Å². The topological polar surface area (TPSA) is 35.2 Å². The van der Waals surface area contributed by atoms with E-state index in [1.807, 2.05) is 0 Å². The van der Waals surface area contributed by atoms with E-state index < -0.39 is 0 Å². The van der Waals surface area contributed by atoms with Crippen LogP contribution in [0.15, 0.2) is 0 Å². The van der Waals surface area contributed by atoms with Crippen LogP contribution in [0.2, 0.25) is 5.02 Å². The predicted octanol–water partition coefficient (Wildman–Crippen LogP) is 4.43. The second-order valence-corrected chi connectivity index (χ2v) is 6.52. The lowest BCUT2D eigenvalue weighted by Crippen LogP contribution is -2.38. The molecule has 1 aliphatic carbocycles. The van der Waals surface area contributed by atoms with Crippen LogP contribution in [0.4, 0.5) is 0 Å². The zero-order valence-electron chi connectivity index (χ0n) is 13.1. The number of halogens is 1. The van der Waals surface area contributed by atoms with E-state index >= 15 is 0 Å². The first kappa shape index (κ1) is 15.7. The van der Waals surface area contributed by atoms with Gasteiger partial charge in [-0.25, -0.2) is 0 Å². The maximum atomic E-state index is 6.55. The monoisotopic (exact) mass is 295 g/mol. The second-order valence-electron chi connectivity index (χ2n) is 6.14. The minimum absolute atomic E-state index is 0.104. The quantitative estimate of drug-likeness (QED) is 0.895. The Morgan fingerprint density at radius 1 is 1.05 bits per heavy atom. The molecule has 1 fully saturated rings. The van der Waals surface area contributed by atoms with Crippen molar-refractivity contribution < 1.29 is 4.74 Å². The third-order valence-corrected chi connectivity index (χ3v) is 5.57. The molecule has 0 amide bonds. The molecule has 1 saturated carbocycles. The summed E-state index contributed by atoms with van der Waals surface area (Å²) in [7, 11) is 1.69. The number of benzene rings is 1. The van der Waals surface area contributed by atoms with Gasteiger partial charge in [-0.15, -0.1) is 0 Å². The molecule has 0 saturated heterocycles. The van der Waals surface area contributed by atoms with Crippen LogP contribution in [0, 0.1) is 20.8 Å². The summed E-state index contributed by atoms with van der Waals surface area (Å²) in [5.41, 5.74) is 11.3. The fraction of sp³-hybridized carbons (Fsp3) is 0.647. The Morgan fingerprint density at radius 2 is 1.65 bits per heavy atom. The second kappa shape index (κ2) is 5.95. The maximum Gasteiger partial charge on any atom is 0.140 e. The Bertz CT molecular complexity index is 475. The van der Waals surface area contributed by atoms with Gasteiger partial charge in [0, 0.05) is 12.0 Å². The molecule has 1 aromatic rings. The van der Waals surface area contributed by atoms with Crippen LogP contribution in [0.3, 0.4) is 0 Å². The molecule has 0 spiro atoms. The number of methoxy groups -OCH3 is 1. The van der Waals surface area contributed by atoms with Crippen molar-refractivity contribution in [3.8, 4) is 5.75 Å². The lowest BCUT2D eigenvalue weighted by Gasteiger charge is -2.40. The highest BCUT2D eigenvalue weighted by Gasteiger charge is 2.36. The zero-order valence-corrected chi connectivity index (χ0v) is 13.9. The molecule has 2 rings (SSSR count). The number of rotatable bonds is 3. The van der Waals surface area contributed by atoms with Crippen molar-refractivity contribution >= 4 is 11.6 Å². The Balaban J connectivity index is 2.67. The molecule has 20 heavy (non-hydrogen) atoms. The summed E-state index contributed by atoms with van der Waals surface area (Å²) in [6, 6.07) is 0. The SMILES string of the molecule is COc1c(C)c(C)c(C2(CN)CCCCC2)c(C)c1Cl. The maximum absolute atomic E-state index is 6.55. The van der Waals surface area contributed by atoms with Gasteiger partial charge in [0.1, 0.15) is 5.75 Å². The van der Waals surface area contributed by atoms with Crippen molar-refractivity contribution in [1.82, 2.24) is 0 Å². The van der Waals surface area contributed by atoms with Gasteiger partial charge in [-0.2, -0.15) is 0 Å². The normalized spacial score (nSPS) is 18.1. The van der Waals surface area contributed by atoms with Crippen LogP contribution in [-0.4, -0.2) is 13.7 Å². The molecule has 1 aliphatic rings. The Morgan fingerprint density at radius 3 is 2.15 bits per heavy atom. The van der Waals surface area contributed by atoms with E-state index in [1.165, 1.54) is 43.2 Å². The fourth-order valence-electron chi connectivity index (χ4n) is 3.91. The van der Waals surface area contributed by atoms with Crippen molar-refractivity contribution in [2.24, 2.45) is 5.73 Å². The van der Waals surface area contributed by atoms with Gasteiger partial charge < -0.3 is 10.5 Å². The highest BCUT2D eigenvalue weighted by atomic mass is 35.5. The number of hydrogen-bond donors (Lipinski definition) is 1. The Labute approximate surface area is 127 Å². The van der Waals surface area contributed by atoms with Crippen LogP contribution in [0.5, 0.6) is 5.75 Å². The van der Waals surface area contributed by atoms with Crippen LogP contribution in [0.25, 0.3) is 0 Å². The molecule has 0 bridgehead atoms. The standard InChI is InChI=1S/C17H26ClNO/c1-11-12(2)16(20-4)15(18)13(3)14(11)17(10-19)8-6-5-7-9-17/h5-10,19H2,1-4H3. The van der Waals surface area contributed by atoms with E-state index in [9.17, 15) is 0 Å². The number of hydrogen-bond acceptors (Lipinski definition) is 2. The molecule has 0 unspecified atom stereocenters. The van der Waals surface area contributed by atoms with Gasteiger partial charge in [-0.3, -0.25) is 0 Å². The molecule has 3 heteroatoms. The van der Waals surface area contributed by atoms with Crippen molar-refractivity contribution in [1.29, 1.82) is 0 Å². The van der Waals surface area contributed by atoms with E-state index in [1.54, 1.807) is 7.11 Å². The summed E-state index contributed by atoms with van der Waals surface area (Å²) in [6.07, 6.45) is 6.20. The van der Waals surface area contributed by atoms with E-state index in [4.69, 9.17) is 22.1 Å². The summed E-state index contributed by atoms with van der Waals surface area (Å²) in [5, 5.41) is 0.754. The summed E-state index contributed by atoms with van der Waals surface area (Å²) in [5.74, 6) is 0.813. The van der Waals surface area contributed by atoms with Crippen molar-refractivity contribution in [3.63, 3.8) is 0 Å². The molecule has 112 valence electrons. The van der Waals surface area contributed by atoms with Gasteiger partial charge in [-0.05, 0) is 55.9 Å². The van der Waals surface area contributed by atoms with Gasteiger partial charge in [0.25, 0.3) is 0 Å². The van der Waals surface area contributed by atoms with Crippen molar-refractivity contribution in [3.05, 3.63) is 27.3 Å². The molecular weight excluding hydrogens is 270 g/mol. The highest BCUT2D eigenvalue weighted by Crippen LogP contribution is 2.46. The van der Waals surface area contributed by atoms with E-state index in [-0.39, 0.29) is 5.41 Å². The average Bonchev–Trinajstić information content (AvgIpc) is 2.47. The van der Waals surface area contributed by atoms with Crippen LogP contribution in [0.1, 0.15) is 54.4 Å². The summed E-state index contributed by atoms with van der Waals surface area (Å²) >= 11 is 6.55. The van der Waals surface area contributed by atoms with Gasteiger partial charge in [0.2, 0.25) is 0 Å². The van der Waals surface area contributed by atoms with Gasteiger partial charge in [-0.1, -0.05) is 30.9 Å². The third kappa shape index (κ3) is 2.33. The summed E-state index contributed by atoms with van der Waals surface area (Å²) < 4.78 is 5.48. The van der Waals surface area contributed by atoms with E-state index in [0.29, 0.717) is 6.54 Å².